The second-order valence-corrected chi connectivity index (χ2v) is 7.59. The minimum Gasteiger partial charge on any atom is -0.326 e. The normalized spacial score (nSPS) is 11.4. The lowest BCUT2D eigenvalue weighted by atomic mass is 10.1. The van der Waals surface area contributed by atoms with Crippen LogP contribution < -0.4 is 10.9 Å². The van der Waals surface area contributed by atoms with Crippen LogP contribution in [-0.4, -0.2) is 25.1 Å². The molecule has 0 saturated carbocycles. The van der Waals surface area contributed by atoms with Crippen LogP contribution in [0.1, 0.15) is 23.4 Å². The van der Waals surface area contributed by atoms with E-state index in [2.05, 4.69) is 21.6 Å². The van der Waals surface area contributed by atoms with E-state index in [-0.39, 0.29) is 17.9 Å². The molecule has 0 radical (unpaired) electrons. The van der Waals surface area contributed by atoms with Gasteiger partial charge in [-0.05, 0) is 48.6 Å². The van der Waals surface area contributed by atoms with E-state index < -0.39 is 0 Å². The number of aryl methyl sites for hydroxylation is 4. The molecule has 0 fully saturated rings. The summed E-state index contributed by atoms with van der Waals surface area (Å²) in [5.41, 5.74) is 3.71. The zero-order chi connectivity index (χ0) is 19.1. The largest absolute Gasteiger partial charge is 0.326 e. The number of anilines is 1. The van der Waals surface area contributed by atoms with Gasteiger partial charge in [-0.15, -0.1) is 21.5 Å². The first kappa shape index (κ1) is 17.4. The number of rotatable bonds is 4. The van der Waals surface area contributed by atoms with Gasteiger partial charge in [0.25, 0.3) is 5.56 Å². The maximum Gasteiger partial charge on any atom is 0.272 e. The molecule has 3 heterocycles. The van der Waals surface area contributed by atoms with E-state index >= 15 is 0 Å². The monoisotopic (exact) mass is 381 g/mol. The van der Waals surface area contributed by atoms with E-state index in [1.165, 1.54) is 15.9 Å². The second kappa shape index (κ2) is 6.62. The average molecular weight is 381 g/mol. The molecule has 27 heavy (non-hydrogen) atoms. The number of amides is 1. The predicted molar refractivity (Wildman–Crippen MR) is 106 cm³/mol. The molecule has 0 unspecified atom stereocenters. The molecule has 0 aliphatic heterocycles. The molecule has 1 amide bonds. The molecular weight excluding hydrogens is 362 g/mol. The fraction of sp³-hybridized carbons (Fsp3) is 0.263. The molecule has 0 aliphatic rings. The molecular formula is C19H19N5O2S. The van der Waals surface area contributed by atoms with Crippen LogP contribution in [0.4, 0.5) is 5.69 Å². The van der Waals surface area contributed by atoms with Gasteiger partial charge >= 0.3 is 0 Å². The van der Waals surface area contributed by atoms with E-state index in [1.54, 1.807) is 7.05 Å². The lowest BCUT2D eigenvalue weighted by Crippen LogP contribution is -2.19. The number of aromatic nitrogens is 4. The Morgan fingerprint density at radius 1 is 1.19 bits per heavy atom. The van der Waals surface area contributed by atoms with Gasteiger partial charge in [-0.1, -0.05) is 6.07 Å². The third-order valence-electron chi connectivity index (χ3n) is 4.48. The number of carbonyl (C=O) groups excluding carboxylic acids is 1. The Morgan fingerprint density at radius 3 is 2.67 bits per heavy atom. The van der Waals surface area contributed by atoms with Crippen molar-refractivity contribution in [1.29, 1.82) is 0 Å². The summed E-state index contributed by atoms with van der Waals surface area (Å²) in [6.07, 6.45) is 0.712. The van der Waals surface area contributed by atoms with Crippen LogP contribution in [0.15, 0.2) is 34.4 Å². The molecule has 0 saturated heterocycles. The first-order chi connectivity index (χ1) is 12.9. The van der Waals surface area contributed by atoms with Crippen LogP contribution in [0.25, 0.3) is 16.0 Å². The van der Waals surface area contributed by atoms with E-state index in [4.69, 9.17) is 0 Å². The number of benzene rings is 1. The Labute approximate surface area is 159 Å². The fourth-order valence-electron chi connectivity index (χ4n) is 3.31. The van der Waals surface area contributed by atoms with Crippen molar-refractivity contribution in [3.63, 3.8) is 0 Å². The molecule has 0 bridgehead atoms. The molecule has 0 atom stereocenters. The first-order valence-electron chi connectivity index (χ1n) is 8.62. The summed E-state index contributed by atoms with van der Waals surface area (Å²) in [7, 11) is 1.68. The van der Waals surface area contributed by atoms with Crippen molar-refractivity contribution in [2.75, 3.05) is 5.32 Å². The van der Waals surface area contributed by atoms with Crippen LogP contribution in [0.5, 0.6) is 0 Å². The van der Waals surface area contributed by atoms with E-state index in [1.807, 2.05) is 41.8 Å². The maximum atomic E-state index is 12.4. The average Bonchev–Trinajstić information content (AvgIpc) is 3.23. The highest BCUT2D eigenvalue weighted by Crippen LogP contribution is 2.20. The molecule has 1 aromatic carbocycles. The van der Waals surface area contributed by atoms with E-state index in [9.17, 15) is 9.59 Å². The van der Waals surface area contributed by atoms with E-state index in [0.29, 0.717) is 22.7 Å². The molecule has 138 valence electrons. The summed E-state index contributed by atoms with van der Waals surface area (Å²) in [4.78, 5) is 24.7. The lowest BCUT2D eigenvalue weighted by Gasteiger charge is -2.08. The summed E-state index contributed by atoms with van der Waals surface area (Å²) >= 11 is 1.39. The molecule has 4 aromatic rings. The summed E-state index contributed by atoms with van der Waals surface area (Å²) in [6, 6.07) is 7.84. The van der Waals surface area contributed by atoms with Crippen molar-refractivity contribution >= 4 is 38.9 Å². The minimum atomic E-state index is -0.0842. The Hall–Kier alpha value is -3.00. The third kappa shape index (κ3) is 3.12. The zero-order valence-corrected chi connectivity index (χ0v) is 16.1. The number of hydrogen-bond acceptors (Lipinski definition) is 5. The number of nitrogens with zero attached hydrogens (tertiary/aromatic N) is 4. The molecule has 3 aromatic heterocycles. The molecule has 4 rings (SSSR count). The standard InChI is InChI=1S/C19H19N5O2S/c1-11-8-12(2)10-13(9-11)20-16(25)5-4-15-21-22-19-23(3)18(26)17-14(24(15)19)6-7-27-17/h6-10H,4-5H2,1-3H3,(H,20,25). The second-order valence-electron chi connectivity index (χ2n) is 6.68. The van der Waals surface area contributed by atoms with Gasteiger partial charge < -0.3 is 5.32 Å². The SMILES string of the molecule is Cc1cc(C)cc(NC(=O)CCc2nnc3n(C)c(=O)c4sccc4n23)c1. The van der Waals surface area contributed by atoms with Gasteiger partial charge in [0.05, 0.1) is 5.52 Å². The van der Waals surface area contributed by atoms with E-state index in [0.717, 1.165) is 22.3 Å². The topological polar surface area (TPSA) is 81.3 Å². The number of fused-ring (bicyclic) bond motifs is 3. The van der Waals surface area contributed by atoms with Crippen molar-refractivity contribution in [1.82, 2.24) is 19.2 Å². The van der Waals surface area contributed by atoms with Crippen molar-refractivity contribution in [3.8, 4) is 0 Å². The predicted octanol–water partition coefficient (Wildman–Crippen LogP) is 2.83. The van der Waals surface area contributed by atoms with Gasteiger partial charge in [0.2, 0.25) is 11.7 Å². The van der Waals surface area contributed by atoms with Gasteiger partial charge in [-0.3, -0.25) is 18.6 Å². The zero-order valence-electron chi connectivity index (χ0n) is 15.3. The molecule has 0 aliphatic carbocycles. The first-order valence-corrected chi connectivity index (χ1v) is 9.50. The molecule has 8 heteroatoms. The Bertz CT molecular complexity index is 1210. The summed E-state index contributed by atoms with van der Waals surface area (Å²) in [5, 5.41) is 13.2. The quantitative estimate of drug-likeness (QED) is 0.589. The smallest absolute Gasteiger partial charge is 0.272 e. The molecule has 7 nitrogen and oxygen atoms in total. The van der Waals surface area contributed by atoms with Gasteiger partial charge in [0.15, 0.2) is 0 Å². The van der Waals surface area contributed by atoms with Crippen LogP contribution in [0.3, 0.4) is 0 Å². The van der Waals surface area contributed by atoms with Crippen LogP contribution in [0.2, 0.25) is 0 Å². The van der Waals surface area contributed by atoms with Gasteiger partial charge in [-0.25, -0.2) is 0 Å². The van der Waals surface area contributed by atoms with Crippen molar-refractivity contribution < 1.29 is 4.79 Å². The fourth-order valence-corrected chi connectivity index (χ4v) is 4.16. The Balaban J connectivity index is 1.59. The van der Waals surface area contributed by atoms with Crippen LogP contribution in [0, 0.1) is 13.8 Å². The van der Waals surface area contributed by atoms with Crippen LogP contribution in [-0.2, 0) is 18.3 Å². The maximum absolute atomic E-state index is 12.4. The Kier molecular flexibility index (Phi) is 4.27. The van der Waals surface area contributed by atoms with Crippen molar-refractivity contribution in [2.45, 2.75) is 26.7 Å². The highest BCUT2D eigenvalue weighted by atomic mass is 32.1. The summed E-state index contributed by atoms with van der Waals surface area (Å²) in [5.74, 6) is 1.07. The molecule has 0 spiro atoms. The van der Waals surface area contributed by atoms with Crippen molar-refractivity contribution in [3.05, 3.63) is 57.0 Å². The van der Waals surface area contributed by atoms with Crippen LogP contribution >= 0.6 is 11.3 Å². The number of nitrogens with one attached hydrogen (secondary N) is 1. The number of thiophene rings is 1. The summed E-state index contributed by atoms with van der Waals surface area (Å²) in [6.45, 7) is 4.00. The lowest BCUT2D eigenvalue weighted by molar-refractivity contribution is -0.116. The van der Waals surface area contributed by atoms with Crippen molar-refractivity contribution in [2.24, 2.45) is 7.05 Å². The highest BCUT2D eigenvalue weighted by molar-refractivity contribution is 7.17. The third-order valence-corrected chi connectivity index (χ3v) is 5.37. The highest BCUT2D eigenvalue weighted by Gasteiger charge is 2.16. The number of carbonyl (C=O) groups is 1. The van der Waals surface area contributed by atoms with Gasteiger partial charge in [0.1, 0.15) is 10.5 Å². The Morgan fingerprint density at radius 2 is 1.93 bits per heavy atom. The summed E-state index contributed by atoms with van der Waals surface area (Å²) < 4.78 is 4.01. The van der Waals surface area contributed by atoms with Gasteiger partial charge in [0, 0.05) is 25.6 Å². The van der Waals surface area contributed by atoms with Gasteiger partial charge in [-0.2, -0.15) is 0 Å². The minimum absolute atomic E-state index is 0.0804. The molecule has 1 N–H and O–H groups in total. The number of hydrogen-bond donors (Lipinski definition) is 1.